The van der Waals surface area contributed by atoms with Crippen LogP contribution in [0, 0.1) is 0 Å². The molecule has 4 rings (SSSR count). The maximum atomic E-state index is 13.0. The van der Waals surface area contributed by atoms with Crippen molar-refractivity contribution in [1.82, 2.24) is 9.62 Å². The zero-order valence-electron chi connectivity index (χ0n) is 18.6. The van der Waals surface area contributed by atoms with Crippen molar-refractivity contribution in [2.24, 2.45) is 0 Å². The number of anilines is 1. The maximum Gasteiger partial charge on any atom is 0.240 e. The van der Waals surface area contributed by atoms with Crippen molar-refractivity contribution in [1.29, 1.82) is 0 Å². The highest BCUT2D eigenvalue weighted by atomic mass is 35.5. The fraction of sp³-hybridized carbons (Fsp3) is 0.333. The van der Waals surface area contributed by atoms with Gasteiger partial charge in [0.15, 0.2) is 0 Å². The van der Waals surface area contributed by atoms with Gasteiger partial charge in [0.25, 0.3) is 0 Å². The minimum Gasteiger partial charge on any atom is -0.495 e. The molecule has 0 spiro atoms. The molecule has 0 saturated carbocycles. The van der Waals surface area contributed by atoms with Gasteiger partial charge in [0.1, 0.15) is 5.75 Å². The summed E-state index contributed by atoms with van der Waals surface area (Å²) in [6, 6.07) is 18.0. The minimum atomic E-state index is -3.67. The monoisotopic (exact) mass is 505 g/mol. The van der Waals surface area contributed by atoms with E-state index in [1.54, 1.807) is 30.6 Å². The lowest BCUT2D eigenvalue weighted by Gasteiger charge is -2.42. The van der Waals surface area contributed by atoms with Gasteiger partial charge in [-0.1, -0.05) is 29.8 Å². The zero-order chi connectivity index (χ0) is 23.4. The third-order valence-corrected chi connectivity index (χ3v) is 8.68. The summed E-state index contributed by atoms with van der Waals surface area (Å²) >= 11 is 7.58. The fourth-order valence-electron chi connectivity index (χ4n) is 4.33. The Kier molecular flexibility index (Phi) is 7.61. The number of methoxy groups -OCH3 is 1. The molecule has 1 N–H and O–H groups in total. The lowest BCUT2D eigenvalue weighted by molar-refractivity contribution is 0.163. The van der Waals surface area contributed by atoms with Crippen molar-refractivity contribution >= 4 is 38.6 Å². The van der Waals surface area contributed by atoms with Crippen molar-refractivity contribution in [2.45, 2.75) is 23.9 Å². The predicted molar refractivity (Wildman–Crippen MR) is 135 cm³/mol. The van der Waals surface area contributed by atoms with E-state index in [-0.39, 0.29) is 17.0 Å². The highest BCUT2D eigenvalue weighted by Gasteiger charge is 2.33. The van der Waals surface area contributed by atoms with Crippen LogP contribution in [-0.2, 0) is 10.0 Å². The normalized spacial score (nSPS) is 17.0. The van der Waals surface area contributed by atoms with Crippen LogP contribution in [0.25, 0.3) is 0 Å². The Balaban J connectivity index is 1.51. The fourth-order valence-corrected chi connectivity index (χ4v) is 6.66. The van der Waals surface area contributed by atoms with Gasteiger partial charge in [0.2, 0.25) is 10.0 Å². The molecule has 1 saturated heterocycles. The summed E-state index contributed by atoms with van der Waals surface area (Å²) in [5.41, 5.74) is 1.09. The average molecular weight is 506 g/mol. The number of ether oxygens (including phenoxy) is 1. The van der Waals surface area contributed by atoms with Crippen LogP contribution in [0.3, 0.4) is 0 Å². The second-order valence-corrected chi connectivity index (χ2v) is 11.1. The molecule has 0 aliphatic carbocycles. The van der Waals surface area contributed by atoms with E-state index in [9.17, 15) is 8.42 Å². The number of benzene rings is 2. The van der Waals surface area contributed by atoms with Gasteiger partial charge in [-0.3, -0.25) is 4.90 Å². The first-order valence-corrected chi connectivity index (χ1v) is 13.6. The van der Waals surface area contributed by atoms with Gasteiger partial charge in [-0.05, 0) is 54.8 Å². The molecule has 0 radical (unpaired) electrons. The Morgan fingerprint density at radius 1 is 1.00 bits per heavy atom. The number of hydrogen-bond acceptors (Lipinski definition) is 6. The quantitative estimate of drug-likeness (QED) is 0.483. The lowest BCUT2D eigenvalue weighted by Crippen LogP contribution is -2.52. The second-order valence-electron chi connectivity index (χ2n) is 8.02. The number of thiophene rings is 1. The average Bonchev–Trinajstić information content (AvgIpc) is 3.34. The van der Waals surface area contributed by atoms with Crippen LogP contribution in [0.1, 0.15) is 17.8 Å². The van der Waals surface area contributed by atoms with Gasteiger partial charge in [0, 0.05) is 42.1 Å². The van der Waals surface area contributed by atoms with E-state index >= 15 is 0 Å². The van der Waals surface area contributed by atoms with E-state index in [1.165, 1.54) is 12.1 Å². The molecule has 0 bridgehead atoms. The summed E-state index contributed by atoms with van der Waals surface area (Å²) in [4.78, 5) is 6.05. The number of nitrogens with one attached hydrogen (secondary N) is 1. The van der Waals surface area contributed by atoms with Crippen LogP contribution in [0.15, 0.2) is 70.9 Å². The minimum absolute atomic E-state index is 0.0631. The van der Waals surface area contributed by atoms with E-state index in [0.717, 1.165) is 42.5 Å². The van der Waals surface area contributed by atoms with Gasteiger partial charge in [-0.15, -0.1) is 11.3 Å². The zero-order valence-corrected chi connectivity index (χ0v) is 21.0. The molecule has 0 unspecified atom stereocenters. The summed E-state index contributed by atoms with van der Waals surface area (Å²) in [6.45, 7) is 5.23. The third-order valence-electron chi connectivity index (χ3n) is 5.91. The maximum absolute atomic E-state index is 13.0. The number of para-hydroxylation sites is 2. The summed E-state index contributed by atoms with van der Waals surface area (Å²) in [5, 5.41) is 2.54. The molecule has 2 heterocycles. The summed E-state index contributed by atoms with van der Waals surface area (Å²) < 4.78 is 34.5. The molecule has 176 valence electrons. The molecule has 2 atom stereocenters. The van der Waals surface area contributed by atoms with Gasteiger partial charge in [-0.25, -0.2) is 13.1 Å². The molecule has 3 aromatic rings. The van der Waals surface area contributed by atoms with E-state index < -0.39 is 10.0 Å². The molecule has 1 fully saturated rings. The van der Waals surface area contributed by atoms with Crippen molar-refractivity contribution in [2.75, 3.05) is 38.2 Å². The molecule has 9 heteroatoms. The van der Waals surface area contributed by atoms with E-state index in [4.69, 9.17) is 16.3 Å². The molecular weight excluding hydrogens is 478 g/mol. The number of nitrogens with zero attached hydrogens (tertiary/aromatic N) is 2. The number of sulfonamides is 1. The van der Waals surface area contributed by atoms with Crippen molar-refractivity contribution in [3.63, 3.8) is 0 Å². The van der Waals surface area contributed by atoms with Crippen LogP contribution in [0.2, 0.25) is 5.02 Å². The molecule has 2 aromatic carbocycles. The smallest absolute Gasteiger partial charge is 0.240 e. The van der Waals surface area contributed by atoms with Crippen LogP contribution >= 0.6 is 22.9 Å². The number of piperazine rings is 1. The van der Waals surface area contributed by atoms with Crippen molar-refractivity contribution < 1.29 is 13.2 Å². The highest BCUT2D eigenvalue weighted by molar-refractivity contribution is 7.89. The number of rotatable bonds is 8. The Hall–Kier alpha value is -2.10. The van der Waals surface area contributed by atoms with Crippen LogP contribution in [0.4, 0.5) is 5.69 Å². The van der Waals surface area contributed by atoms with Gasteiger partial charge < -0.3 is 9.64 Å². The summed E-state index contributed by atoms with van der Waals surface area (Å²) in [7, 11) is -1.98. The largest absolute Gasteiger partial charge is 0.495 e. The number of halogens is 1. The second kappa shape index (κ2) is 10.4. The summed E-state index contributed by atoms with van der Waals surface area (Å²) in [5.74, 6) is 0.866. The number of hydrogen-bond donors (Lipinski definition) is 1. The Labute approximate surface area is 204 Å². The predicted octanol–water partition coefficient (Wildman–Crippen LogP) is 4.64. The van der Waals surface area contributed by atoms with E-state index in [2.05, 4.69) is 26.7 Å². The topological polar surface area (TPSA) is 61.9 Å². The first-order valence-electron chi connectivity index (χ1n) is 10.8. The lowest BCUT2D eigenvalue weighted by atomic mass is 10.1. The summed E-state index contributed by atoms with van der Waals surface area (Å²) in [6.07, 6.45) is 0. The highest BCUT2D eigenvalue weighted by Crippen LogP contribution is 2.33. The molecule has 1 aliphatic heterocycles. The van der Waals surface area contributed by atoms with Crippen molar-refractivity contribution in [3.05, 3.63) is 75.9 Å². The standard InChI is InChI=1S/C24H28ClN3O3S2/c1-18(26-33(29,30)20-11-9-19(25)10-12-20)24(23-8-5-17-32-23)28-15-13-27(14-16-28)21-6-3-4-7-22(21)31-2/h3-12,17-18,24,26H,13-16H2,1-2H3/t18-,24+/m0/s1. The van der Waals surface area contributed by atoms with Gasteiger partial charge >= 0.3 is 0 Å². The SMILES string of the molecule is COc1ccccc1N1CCN([C@@H](c2cccs2)[C@H](C)NS(=O)(=O)c2ccc(Cl)cc2)CC1. The van der Waals surface area contributed by atoms with Crippen LogP contribution in [-0.4, -0.2) is 52.6 Å². The van der Waals surface area contributed by atoms with Crippen molar-refractivity contribution in [3.8, 4) is 5.75 Å². The van der Waals surface area contributed by atoms with Crippen LogP contribution in [0.5, 0.6) is 5.75 Å². The molecule has 1 aromatic heterocycles. The molecule has 1 aliphatic rings. The molecule has 0 amide bonds. The van der Waals surface area contributed by atoms with Crippen LogP contribution < -0.4 is 14.4 Å². The van der Waals surface area contributed by atoms with Gasteiger partial charge in [0.05, 0.1) is 23.7 Å². The third kappa shape index (κ3) is 5.53. The Morgan fingerprint density at radius 3 is 2.33 bits per heavy atom. The first kappa shape index (κ1) is 24.0. The van der Waals surface area contributed by atoms with E-state index in [1.807, 2.05) is 36.6 Å². The molecule has 33 heavy (non-hydrogen) atoms. The molecule has 6 nitrogen and oxygen atoms in total. The molecular formula is C24H28ClN3O3S2. The Bertz CT molecular complexity index is 1150. The van der Waals surface area contributed by atoms with E-state index in [0.29, 0.717) is 5.02 Å². The first-order chi connectivity index (χ1) is 15.9. The Morgan fingerprint density at radius 2 is 1.70 bits per heavy atom. The van der Waals surface area contributed by atoms with Gasteiger partial charge in [-0.2, -0.15) is 0 Å².